The molecule has 1 unspecified atom stereocenters. The van der Waals surface area contributed by atoms with Gasteiger partial charge in [0.1, 0.15) is 0 Å². The number of hydrogen-bond acceptors (Lipinski definition) is 3. The molecule has 0 saturated heterocycles. The molecule has 0 rings (SSSR count). The number of ether oxygens (including phenoxy) is 1. The highest BCUT2D eigenvalue weighted by Gasteiger charge is 2.19. The van der Waals surface area contributed by atoms with E-state index in [9.17, 15) is 9.59 Å². The molecule has 0 radical (unpaired) electrons. The average Bonchev–Trinajstić information content (AvgIpc) is 2.26. The zero-order chi connectivity index (χ0) is 13.4. The van der Waals surface area contributed by atoms with Gasteiger partial charge in [0.15, 0.2) is 0 Å². The van der Waals surface area contributed by atoms with E-state index in [0.29, 0.717) is 13.1 Å². The summed E-state index contributed by atoms with van der Waals surface area (Å²) in [6, 6.07) is 0. The molecular formula is C13H23NO3. The largest absolute Gasteiger partial charge is 0.469 e. The zero-order valence-corrected chi connectivity index (χ0v) is 11.4. The molecule has 4 nitrogen and oxygen atoms in total. The Balaban J connectivity index is 4.58. The Hall–Kier alpha value is -1.32. The van der Waals surface area contributed by atoms with Crippen molar-refractivity contribution in [3.8, 4) is 0 Å². The van der Waals surface area contributed by atoms with Crippen LogP contribution in [-0.2, 0) is 14.3 Å². The molecule has 0 aromatic carbocycles. The quantitative estimate of drug-likeness (QED) is 0.528. The van der Waals surface area contributed by atoms with Gasteiger partial charge in [0.25, 0.3) is 0 Å². The highest BCUT2D eigenvalue weighted by atomic mass is 16.5. The molecule has 0 bridgehead atoms. The van der Waals surface area contributed by atoms with Gasteiger partial charge in [-0.25, -0.2) is 0 Å². The van der Waals surface area contributed by atoms with Gasteiger partial charge in [-0.2, -0.15) is 0 Å². The lowest BCUT2D eigenvalue weighted by Gasteiger charge is -2.23. The summed E-state index contributed by atoms with van der Waals surface area (Å²) >= 11 is 0. The number of esters is 1. The first-order valence-corrected chi connectivity index (χ1v) is 5.94. The Morgan fingerprint density at radius 3 is 2.35 bits per heavy atom. The fourth-order valence-electron chi connectivity index (χ4n) is 1.51. The van der Waals surface area contributed by atoms with Crippen LogP contribution in [0.5, 0.6) is 0 Å². The highest BCUT2D eigenvalue weighted by molar-refractivity contribution is 5.88. The summed E-state index contributed by atoms with van der Waals surface area (Å²) in [5, 5.41) is 0. The van der Waals surface area contributed by atoms with Crippen LogP contribution in [0, 0.1) is 5.92 Å². The fourth-order valence-corrected chi connectivity index (χ4v) is 1.51. The molecule has 0 fully saturated rings. The Kier molecular flexibility index (Phi) is 7.26. The topological polar surface area (TPSA) is 46.6 Å². The minimum absolute atomic E-state index is 0.0393. The maximum absolute atomic E-state index is 11.9. The Morgan fingerprint density at radius 1 is 1.35 bits per heavy atom. The van der Waals surface area contributed by atoms with Crippen molar-refractivity contribution < 1.29 is 14.3 Å². The van der Waals surface area contributed by atoms with Crippen LogP contribution in [0.1, 0.15) is 34.1 Å². The molecule has 0 aliphatic rings. The molecule has 0 N–H and O–H groups in total. The molecule has 1 atom stereocenters. The number of methoxy groups -OCH3 is 1. The zero-order valence-electron chi connectivity index (χ0n) is 11.4. The number of carbonyl (C=O) groups is 2. The van der Waals surface area contributed by atoms with Crippen LogP contribution in [0.15, 0.2) is 11.6 Å². The predicted octanol–water partition coefficient (Wildman–Crippen LogP) is 2.00. The van der Waals surface area contributed by atoms with E-state index in [0.717, 1.165) is 12.0 Å². The number of hydrogen-bond donors (Lipinski definition) is 0. The predicted molar refractivity (Wildman–Crippen MR) is 67.5 cm³/mol. The van der Waals surface area contributed by atoms with Crippen LogP contribution in [0.25, 0.3) is 0 Å². The van der Waals surface area contributed by atoms with Crippen molar-refractivity contribution >= 4 is 11.9 Å². The molecule has 0 saturated carbocycles. The van der Waals surface area contributed by atoms with Crippen LogP contribution < -0.4 is 0 Å². The monoisotopic (exact) mass is 241 g/mol. The van der Waals surface area contributed by atoms with Gasteiger partial charge >= 0.3 is 5.97 Å². The van der Waals surface area contributed by atoms with Gasteiger partial charge in [-0.1, -0.05) is 19.4 Å². The molecular weight excluding hydrogens is 218 g/mol. The number of nitrogens with zero attached hydrogens (tertiary/aromatic N) is 1. The lowest BCUT2D eigenvalue weighted by molar-refractivity contribution is -0.146. The lowest BCUT2D eigenvalue weighted by atomic mass is 10.1. The van der Waals surface area contributed by atoms with E-state index in [1.165, 1.54) is 7.11 Å². The van der Waals surface area contributed by atoms with Gasteiger partial charge in [0, 0.05) is 19.2 Å². The van der Waals surface area contributed by atoms with Gasteiger partial charge in [-0.05, 0) is 20.3 Å². The summed E-state index contributed by atoms with van der Waals surface area (Å²) in [5.41, 5.74) is 0.960. The summed E-state index contributed by atoms with van der Waals surface area (Å²) in [4.78, 5) is 24.9. The molecule has 0 aliphatic heterocycles. The number of amides is 1. The third kappa shape index (κ3) is 6.09. The second-order valence-corrected chi connectivity index (χ2v) is 4.43. The first kappa shape index (κ1) is 15.7. The summed E-state index contributed by atoms with van der Waals surface area (Å²) in [7, 11) is 1.36. The van der Waals surface area contributed by atoms with E-state index in [-0.39, 0.29) is 17.8 Å². The number of rotatable bonds is 6. The second-order valence-electron chi connectivity index (χ2n) is 4.43. The molecule has 98 valence electrons. The Labute approximate surface area is 104 Å². The van der Waals surface area contributed by atoms with E-state index in [4.69, 9.17) is 0 Å². The van der Waals surface area contributed by atoms with Crippen LogP contribution >= 0.6 is 0 Å². The minimum Gasteiger partial charge on any atom is -0.469 e. The maximum atomic E-state index is 11.9. The normalized spacial score (nSPS) is 11.6. The highest BCUT2D eigenvalue weighted by Crippen LogP contribution is 2.05. The van der Waals surface area contributed by atoms with Crippen molar-refractivity contribution in [1.29, 1.82) is 0 Å². The third-order valence-electron chi connectivity index (χ3n) is 2.32. The van der Waals surface area contributed by atoms with Gasteiger partial charge < -0.3 is 9.64 Å². The third-order valence-corrected chi connectivity index (χ3v) is 2.32. The van der Waals surface area contributed by atoms with Crippen molar-refractivity contribution in [2.24, 2.45) is 5.92 Å². The maximum Gasteiger partial charge on any atom is 0.310 e. The molecule has 0 aromatic heterocycles. The molecule has 0 aromatic rings. The van der Waals surface area contributed by atoms with Crippen molar-refractivity contribution in [3.63, 3.8) is 0 Å². The van der Waals surface area contributed by atoms with E-state index < -0.39 is 0 Å². The Morgan fingerprint density at radius 2 is 1.94 bits per heavy atom. The summed E-state index contributed by atoms with van der Waals surface area (Å²) in [6.45, 7) is 8.60. The van der Waals surface area contributed by atoms with E-state index >= 15 is 0 Å². The summed E-state index contributed by atoms with van der Waals surface area (Å²) in [5.74, 6) is -0.611. The van der Waals surface area contributed by atoms with E-state index in [2.05, 4.69) is 4.74 Å². The SMILES string of the molecule is CCCN(CC(C)C(=O)OC)C(=O)C=C(C)C. The summed E-state index contributed by atoms with van der Waals surface area (Å²) < 4.78 is 4.66. The van der Waals surface area contributed by atoms with Crippen LogP contribution in [0.3, 0.4) is 0 Å². The smallest absolute Gasteiger partial charge is 0.310 e. The second kappa shape index (κ2) is 7.87. The minimum atomic E-state index is -0.291. The molecule has 0 heterocycles. The van der Waals surface area contributed by atoms with Crippen molar-refractivity contribution in [1.82, 2.24) is 4.90 Å². The molecule has 4 heteroatoms. The van der Waals surface area contributed by atoms with Gasteiger partial charge in [0.2, 0.25) is 5.91 Å². The van der Waals surface area contributed by atoms with Crippen molar-refractivity contribution in [3.05, 3.63) is 11.6 Å². The molecule has 0 aliphatic carbocycles. The van der Waals surface area contributed by atoms with Crippen LogP contribution in [0.4, 0.5) is 0 Å². The van der Waals surface area contributed by atoms with Crippen LogP contribution in [-0.4, -0.2) is 37.0 Å². The van der Waals surface area contributed by atoms with Gasteiger partial charge in [-0.3, -0.25) is 9.59 Å². The molecule has 17 heavy (non-hydrogen) atoms. The first-order valence-electron chi connectivity index (χ1n) is 5.94. The van der Waals surface area contributed by atoms with Gasteiger partial charge in [-0.15, -0.1) is 0 Å². The standard InChI is InChI=1S/C13H23NO3/c1-6-7-14(12(15)8-10(2)3)9-11(4)13(16)17-5/h8,11H,6-7,9H2,1-5H3. The van der Waals surface area contributed by atoms with E-state index in [1.54, 1.807) is 17.9 Å². The Bertz CT molecular complexity index is 293. The molecule has 1 amide bonds. The fraction of sp³-hybridized carbons (Fsp3) is 0.692. The van der Waals surface area contributed by atoms with Crippen molar-refractivity contribution in [2.75, 3.05) is 20.2 Å². The van der Waals surface area contributed by atoms with E-state index in [1.807, 2.05) is 20.8 Å². The van der Waals surface area contributed by atoms with Crippen molar-refractivity contribution in [2.45, 2.75) is 34.1 Å². The van der Waals surface area contributed by atoms with Crippen LogP contribution in [0.2, 0.25) is 0 Å². The first-order chi connectivity index (χ1) is 7.92. The summed E-state index contributed by atoms with van der Waals surface area (Å²) in [6.07, 6.45) is 2.47. The number of carbonyl (C=O) groups excluding carboxylic acids is 2. The lowest BCUT2D eigenvalue weighted by Crippen LogP contribution is -2.37. The van der Waals surface area contributed by atoms with Gasteiger partial charge in [0.05, 0.1) is 13.0 Å². The molecule has 0 spiro atoms. The average molecular weight is 241 g/mol. The number of allylic oxidation sites excluding steroid dienone is 1.